The van der Waals surface area contributed by atoms with Crippen LogP contribution in [0.5, 0.6) is 0 Å². The Labute approximate surface area is 140 Å². The molecule has 0 aliphatic carbocycles. The number of carbonyl (C=O) groups excluding carboxylic acids is 1. The highest BCUT2D eigenvalue weighted by Gasteiger charge is 2.13. The Morgan fingerprint density at radius 2 is 2.00 bits per heavy atom. The van der Waals surface area contributed by atoms with Gasteiger partial charge in [0.2, 0.25) is 0 Å². The van der Waals surface area contributed by atoms with Gasteiger partial charge in [-0.3, -0.25) is 0 Å². The van der Waals surface area contributed by atoms with Gasteiger partial charge in [-0.25, -0.2) is 9.18 Å². The van der Waals surface area contributed by atoms with Crippen LogP contribution in [0.25, 0.3) is 0 Å². The highest BCUT2D eigenvalue weighted by atomic mass is 19.1. The van der Waals surface area contributed by atoms with Gasteiger partial charge in [-0.2, -0.15) is 0 Å². The van der Waals surface area contributed by atoms with Crippen molar-refractivity contribution in [2.24, 2.45) is 0 Å². The van der Waals surface area contributed by atoms with Gasteiger partial charge in [0.1, 0.15) is 5.82 Å². The Morgan fingerprint density at radius 3 is 2.67 bits per heavy atom. The lowest BCUT2D eigenvalue weighted by molar-refractivity contribution is 0.181. The van der Waals surface area contributed by atoms with Gasteiger partial charge in [0.15, 0.2) is 0 Å². The summed E-state index contributed by atoms with van der Waals surface area (Å²) >= 11 is 0. The van der Waals surface area contributed by atoms with E-state index in [1.54, 1.807) is 12.1 Å². The summed E-state index contributed by atoms with van der Waals surface area (Å²) < 4.78 is 18.5. The maximum Gasteiger partial charge on any atom is 0.315 e. The molecule has 3 N–H and O–H groups in total. The monoisotopic (exact) mass is 332 g/mol. The lowest BCUT2D eigenvalue weighted by atomic mass is 10.1. The van der Waals surface area contributed by atoms with Crippen molar-refractivity contribution in [2.45, 2.75) is 19.2 Å². The van der Waals surface area contributed by atoms with Crippen LogP contribution in [0, 0.1) is 5.82 Å². The number of carbonyl (C=O) groups is 1. The highest BCUT2D eigenvalue weighted by molar-refractivity contribution is 5.74. The van der Waals surface area contributed by atoms with Gasteiger partial charge >= 0.3 is 6.03 Å². The predicted octanol–water partition coefficient (Wildman–Crippen LogP) is 2.50. The molecule has 0 saturated carbocycles. The molecule has 0 heterocycles. The number of aliphatic hydroxyl groups excluding tert-OH is 1. The van der Waals surface area contributed by atoms with E-state index in [4.69, 9.17) is 4.74 Å². The van der Waals surface area contributed by atoms with Gasteiger partial charge in [-0.15, -0.1) is 0 Å². The van der Waals surface area contributed by atoms with Crippen LogP contribution in [0.2, 0.25) is 0 Å². The lowest BCUT2D eigenvalue weighted by Gasteiger charge is -2.17. The average Bonchev–Trinajstić information content (AvgIpc) is 2.61. The van der Waals surface area contributed by atoms with E-state index in [9.17, 15) is 14.3 Å². The Morgan fingerprint density at radius 1 is 1.25 bits per heavy atom. The maximum atomic E-state index is 13.6. The number of hydrogen-bond donors (Lipinski definition) is 3. The first-order valence-electron chi connectivity index (χ1n) is 7.60. The van der Waals surface area contributed by atoms with Crippen molar-refractivity contribution in [1.29, 1.82) is 0 Å². The zero-order chi connectivity index (χ0) is 17.4. The van der Waals surface area contributed by atoms with Gasteiger partial charge in [0.05, 0.1) is 19.3 Å². The van der Waals surface area contributed by atoms with Crippen LogP contribution in [0.4, 0.5) is 9.18 Å². The molecule has 0 aromatic heterocycles. The number of urea groups is 1. The molecule has 6 heteroatoms. The topological polar surface area (TPSA) is 70.6 Å². The van der Waals surface area contributed by atoms with Crippen molar-refractivity contribution >= 4 is 6.03 Å². The summed E-state index contributed by atoms with van der Waals surface area (Å²) in [6, 6.07) is 12.9. The molecule has 24 heavy (non-hydrogen) atoms. The normalized spacial score (nSPS) is 11.8. The molecule has 2 rings (SSSR count). The van der Waals surface area contributed by atoms with E-state index in [1.165, 1.54) is 13.2 Å². The molecule has 0 aliphatic rings. The minimum Gasteiger partial charge on any atom is -0.394 e. The highest BCUT2D eigenvalue weighted by Crippen LogP contribution is 2.13. The molecule has 1 unspecified atom stereocenters. The van der Waals surface area contributed by atoms with Crippen LogP contribution >= 0.6 is 0 Å². The summed E-state index contributed by atoms with van der Waals surface area (Å²) in [4.78, 5) is 12.0. The molecule has 0 saturated heterocycles. The van der Waals surface area contributed by atoms with Crippen molar-refractivity contribution in [1.82, 2.24) is 10.6 Å². The van der Waals surface area contributed by atoms with Gasteiger partial charge in [0, 0.05) is 19.2 Å². The van der Waals surface area contributed by atoms with E-state index >= 15 is 0 Å². The summed E-state index contributed by atoms with van der Waals surface area (Å²) in [5.41, 5.74) is 2.02. The SMILES string of the molecule is COCc1cc(CNC(=O)NC(CO)c2ccccc2)ccc1F. The van der Waals surface area contributed by atoms with Crippen molar-refractivity contribution in [3.05, 3.63) is 71.0 Å². The minimum absolute atomic E-state index is 0.173. The van der Waals surface area contributed by atoms with Gasteiger partial charge in [-0.05, 0) is 23.3 Å². The summed E-state index contributed by atoms with van der Waals surface area (Å²) in [6.07, 6.45) is 0. The van der Waals surface area contributed by atoms with Crippen LogP contribution in [0.3, 0.4) is 0 Å². The largest absolute Gasteiger partial charge is 0.394 e. The fourth-order valence-electron chi connectivity index (χ4n) is 2.32. The standard InChI is InChI=1S/C18H21FN2O3/c1-24-12-15-9-13(7-8-16(15)19)10-20-18(23)21-17(11-22)14-5-3-2-4-6-14/h2-9,17,22H,10-12H2,1H3,(H2,20,21,23). The molecule has 0 fully saturated rings. The number of aliphatic hydroxyl groups is 1. The first-order chi connectivity index (χ1) is 11.6. The molecule has 0 radical (unpaired) electrons. The first-order valence-corrected chi connectivity index (χ1v) is 7.60. The fourth-order valence-corrected chi connectivity index (χ4v) is 2.32. The molecular formula is C18H21FN2O3. The van der Waals surface area contributed by atoms with Crippen LogP contribution in [-0.2, 0) is 17.9 Å². The van der Waals surface area contributed by atoms with Gasteiger partial charge in [0.25, 0.3) is 0 Å². The number of benzene rings is 2. The maximum absolute atomic E-state index is 13.6. The molecule has 5 nitrogen and oxygen atoms in total. The minimum atomic E-state index is -0.483. The zero-order valence-electron chi connectivity index (χ0n) is 13.5. The second-order valence-electron chi connectivity index (χ2n) is 5.33. The van der Waals surface area contributed by atoms with E-state index in [-0.39, 0.29) is 25.6 Å². The van der Waals surface area contributed by atoms with Crippen molar-refractivity contribution < 1.29 is 19.0 Å². The number of ether oxygens (including phenoxy) is 1. The number of methoxy groups -OCH3 is 1. The number of rotatable bonds is 7. The Kier molecular flexibility index (Phi) is 6.72. The number of halogens is 1. The Balaban J connectivity index is 1.92. The number of nitrogens with one attached hydrogen (secondary N) is 2. The average molecular weight is 332 g/mol. The first kappa shape index (κ1) is 17.9. The molecule has 0 spiro atoms. The van der Waals surface area contributed by atoms with Crippen molar-refractivity contribution in [2.75, 3.05) is 13.7 Å². The summed E-state index contributed by atoms with van der Waals surface area (Å²) in [6.45, 7) is 0.216. The number of amides is 2. The Hall–Kier alpha value is -2.44. The third-order valence-electron chi connectivity index (χ3n) is 3.55. The smallest absolute Gasteiger partial charge is 0.315 e. The predicted molar refractivity (Wildman–Crippen MR) is 88.8 cm³/mol. The molecular weight excluding hydrogens is 311 g/mol. The quantitative estimate of drug-likeness (QED) is 0.729. The molecule has 2 aromatic carbocycles. The van der Waals surface area contributed by atoms with Gasteiger partial charge in [-0.1, -0.05) is 36.4 Å². The van der Waals surface area contributed by atoms with Gasteiger partial charge < -0.3 is 20.5 Å². The summed E-state index contributed by atoms with van der Waals surface area (Å²) in [5.74, 6) is -0.338. The van der Waals surface area contributed by atoms with E-state index in [2.05, 4.69) is 10.6 Å². The van der Waals surface area contributed by atoms with Crippen molar-refractivity contribution in [3.8, 4) is 0 Å². The number of hydrogen-bond acceptors (Lipinski definition) is 3. The molecule has 1 atom stereocenters. The van der Waals surface area contributed by atoms with E-state index in [1.807, 2.05) is 30.3 Å². The third-order valence-corrected chi connectivity index (χ3v) is 3.55. The molecule has 2 aromatic rings. The molecule has 0 aliphatic heterocycles. The Bertz CT molecular complexity index is 665. The zero-order valence-corrected chi connectivity index (χ0v) is 13.5. The van der Waals surface area contributed by atoms with E-state index < -0.39 is 12.1 Å². The van der Waals surface area contributed by atoms with Crippen LogP contribution in [0.1, 0.15) is 22.7 Å². The summed E-state index contributed by atoms with van der Waals surface area (Å²) in [7, 11) is 1.50. The van der Waals surface area contributed by atoms with Crippen LogP contribution < -0.4 is 10.6 Å². The second kappa shape index (κ2) is 9.00. The van der Waals surface area contributed by atoms with Crippen LogP contribution in [0.15, 0.2) is 48.5 Å². The fraction of sp³-hybridized carbons (Fsp3) is 0.278. The molecule has 2 amide bonds. The van der Waals surface area contributed by atoms with E-state index in [0.29, 0.717) is 5.56 Å². The summed E-state index contributed by atoms with van der Waals surface area (Å²) in [5, 5.41) is 14.8. The van der Waals surface area contributed by atoms with Crippen LogP contribution in [-0.4, -0.2) is 24.9 Å². The lowest BCUT2D eigenvalue weighted by Crippen LogP contribution is -2.38. The second-order valence-corrected chi connectivity index (χ2v) is 5.33. The van der Waals surface area contributed by atoms with Crippen molar-refractivity contribution in [3.63, 3.8) is 0 Å². The molecule has 128 valence electrons. The molecule has 0 bridgehead atoms. The third kappa shape index (κ3) is 5.04. The van der Waals surface area contributed by atoms with E-state index in [0.717, 1.165) is 11.1 Å².